The van der Waals surface area contributed by atoms with Crippen LogP contribution in [0.3, 0.4) is 0 Å². The van der Waals surface area contributed by atoms with Gasteiger partial charge in [0.25, 0.3) is 0 Å². The second kappa shape index (κ2) is 5.78. The third-order valence-electron chi connectivity index (χ3n) is 3.36. The number of aryl methyl sites for hydroxylation is 1. The molecular weight excluding hydrogens is 221 g/mol. The van der Waals surface area contributed by atoms with Crippen LogP contribution in [0, 0.1) is 5.92 Å². The van der Waals surface area contributed by atoms with Gasteiger partial charge in [-0.05, 0) is 50.4 Å². The summed E-state index contributed by atoms with van der Waals surface area (Å²) in [4.78, 5) is 2.58. The summed E-state index contributed by atoms with van der Waals surface area (Å²) in [7, 11) is 0. The van der Waals surface area contributed by atoms with Gasteiger partial charge in [0.05, 0.1) is 0 Å². The molecule has 2 rings (SSSR count). The maximum atomic E-state index is 14.1. The summed E-state index contributed by atoms with van der Waals surface area (Å²) >= 11 is 1.77. The van der Waals surface area contributed by atoms with Gasteiger partial charge in [0.2, 0.25) is 0 Å². The van der Waals surface area contributed by atoms with E-state index in [1.807, 2.05) is 0 Å². The Labute approximate surface area is 101 Å². The van der Waals surface area contributed by atoms with Crippen LogP contribution in [-0.4, -0.2) is 19.3 Å². The maximum Gasteiger partial charge on any atom is 0.108 e. The zero-order chi connectivity index (χ0) is 11.4. The predicted molar refractivity (Wildman–Crippen MR) is 67.9 cm³/mol. The van der Waals surface area contributed by atoms with Crippen molar-refractivity contribution in [1.29, 1.82) is 0 Å². The molecule has 0 saturated carbocycles. The number of alkyl halides is 1. The van der Waals surface area contributed by atoms with E-state index in [4.69, 9.17) is 0 Å². The van der Waals surface area contributed by atoms with E-state index < -0.39 is 6.17 Å². The molecule has 1 unspecified atom stereocenters. The van der Waals surface area contributed by atoms with E-state index in [-0.39, 0.29) is 5.92 Å². The molecule has 1 atom stereocenters. The molecule has 1 aliphatic heterocycles. The lowest BCUT2D eigenvalue weighted by Crippen LogP contribution is -2.33. The summed E-state index contributed by atoms with van der Waals surface area (Å²) in [6.07, 6.45) is 3.02. The molecule has 1 aliphatic rings. The van der Waals surface area contributed by atoms with Crippen LogP contribution in [0.15, 0.2) is 12.1 Å². The number of halogens is 1. The third-order valence-corrected chi connectivity index (χ3v) is 4.61. The van der Waals surface area contributed by atoms with E-state index in [2.05, 4.69) is 24.4 Å². The smallest absolute Gasteiger partial charge is 0.108 e. The van der Waals surface area contributed by atoms with Crippen LogP contribution in [0.1, 0.15) is 29.5 Å². The molecule has 2 heterocycles. The highest BCUT2D eigenvalue weighted by molar-refractivity contribution is 7.11. The monoisotopic (exact) mass is 241 g/mol. The summed E-state index contributed by atoms with van der Waals surface area (Å²) in [6, 6.07) is 4.23. The van der Waals surface area contributed by atoms with Gasteiger partial charge in [-0.1, -0.05) is 6.92 Å². The van der Waals surface area contributed by atoms with Crippen LogP contribution < -0.4 is 5.32 Å². The van der Waals surface area contributed by atoms with Gasteiger partial charge >= 0.3 is 0 Å². The fourth-order valence-corrected chi connectivity index (χ4v) is 3.28. The minimum absolute atomic E-state index is 0.272. The SMILES string of the molecule is CCc1ccc(CC(F)C2CCNCC2)s1. The Kier molecular flexibility index (Phi) is 4.36. The van der Waals surface area contributed by atoms with Crippen LogP contribution in [0.4, 0.5) is 4.39 Å². The molecule has 1 N–H and O–H groups in total. The zero-order valence-corrected chi connectivity index (χ0v) is 10.7. The first-order valence-corrected chi connectivity index (χ1v) is 7.03. The van der Waals surface area contributed by atoms with Crippen molar-refractivity contribution in [3.8, 4) is 0 Å². The van der Waals surface area contributed by atoms with E-state index in [0.717, 1.165) is 32.4 Å². The molecule has 1 aromatic heterocycles. The Morgan fingerprint density at radius 3 is 2.69 bits per heavy atom. The van der Waals surface area contributed by atoms with Crippen molar-refractivity contribution in [1.82, 2.24) is 5.32 Å². The first kappa shape index (κ1) is 12.1. The average molecular weight is 241 g/mol. The molecule has 16 heavy (non-hydrogen) atoms. The van der Waals surface area contributed by atoms with Crippen molar-refractivity contribution < 1.29 is 4.39 Å². The lowest BCUT2D eigenvalue weighted by molar-refractivity contribution is 0.188. The quantitative estimate of drug-likeness (QED) is 0.853. The van der Waals surface area contributed by atoms with E-state index >= 15 is 0 Å². The molecule has 1 fully saturated rings. The molecule has 0 radical (unpaired) electrons. The number of nitrogens with one attached hydrogen (secondary N) is 1. The largest absolute Gasteiger partial charge is 0.317 e. The molecular formula is C13H20FNS. The van der Waals surface area contributed by atoms with Gasteiger partial charge in [0.15, 0.2) is 0 Å². The van der Waals surface area contributed by atoms with Crippen molar-refractivity contribution in [3.05, 3.63) is 21.9 Å². The molecule has 0 bridgehead atoms. The second-order valence-electron chi connectivity index (χ2n) is 4.53. The zero-order valence-electron chi connectivity index (χ0n) is 9.84. The molecule has 1 aromatic rings. The molecule has 90 valence electrons. The Morgan fingerprint density at radius 2 is 2.06 bits per heavy atom. The van der Waals surface area contributed by atoms with Gasteiger partial charge < -0.3 is 5.32 Å². The molecule has 0 spiro atoms. The van der Waals surface area contributed by atoms with Crippen LogP contribution in [0.2, 0.25) is 0 Å². The Morgan fingerprint density at radius 1 is 1.38 bits per heavy atom. The summed E-state index contributed by atoms with van der Waals surface area (Å²) in [5.41, 5.74) is 0. The van der Waals surface area contributed by atoms with E-state index in [9.17, 15) is 4.39 Å². The highest BCUT2D eigenvalue weighted by atomic mass is 32.1. The first-order chi connectivity index (χ1) is 7.79. The van der Waals surface area contributed by atoms with Crippen LogP contribution in [0.5, 0.6) is 0 Å². The van der Waals surface area contributed by atoms with Crippen molar-refractivity contribution in [2.45, 2.75) is 38.8 Å². The van der Waals surface area contributed by atoms with Crippen molar-refractivity contribution in [3.63, 3.8) is 0 Å². The van der Waals surface area contributed by atoms with Gasteiger partial charge in [-0.3, -0.25) is 0 Å². The maximum absolute atomic E-state index is 14.1. The molecule has 0 aliphatic carbocycles. The molecule has 3 heteroatoms. The van der Waals surface area contributed by atoms with Gasteiger partial charge in [-0.15, -0.1) is 11.3 Å². The standard InChI is InChI=1S/C13H20FNS/c1-2-11-3-4-12(16-11)9-13(14)10-5-7-15-8-6-10/h3-4,10,13,15H,2,5-9H2,1H3. The number of rotatable bonds is 4. The number of thiophene rings is 1. The molecule has 0 amide bonds. The number of hydrogen-bond donors (Lipinski definition) is 1. The fourth-order valence-electron chi connectivity index (χ4n) is 2.29. The summed E-state index contributed by atoms with van der Waals surface area (Å²) in [5.74, 6) is 0.272. The Bertz CT molecular complexity index is 317. The second-order valence-corrected chi connectivity index (χ2v) is 5.78. The van der Waals surface area contributed by atoms with Crippen molar-refractivity contribution in [2.75, 3.05) is 13.1 Å². The first-order valence-electron chi connectivity index (χ1n) is 6.22. The lowest BCUT2D eigenvalue weighted by atomic mass is 9.91. The Balaban J connectivity index is 1.87. The van der Waals surface area contributed by atoms with Gasteiger partial charge in [0.1, 0.15) is 6.17 Å². The fraction of sp³-hybridized carbons (Fsp3) is 0.692. The van der Waals surface area contributed by atoms with E-state index in [1.165, 1.54) is 9.75 Å². The topological polar surface area (TPSA) is 12.0 Å². The predicted octanol–water partition coefficient (Wildman–Crippen LogP) is 3.19. The number of hydrogen-bond acceptors (Lipinski definition) is 2. The van der Waals surface area contributed by atoms with Crippen LogP contribution in [0.25, 0.3) is 0 Å². The molecule has 1 nitrogen and oxygen atoms in total. The minimum atomic E-state index is -0.648. The van der Waals surface area contributed by atoms with Gasteiger partial charge in [0, 0.05) is 16.2 Å². The van der Waals surface area contributed by atoms with Gasteiger partial charge in [-0.2, -0.15) is 0 Å². The lowest BCUT2D eigenvalue weighted by Gasteiger charge is -2.25. The van der Waals surface area contributed by atoms with Gasteiger partial charge in [-0.25, -0.2) is 4.39 Å². The third kappa shape index (κ3) is 3.05. The summed E-state index contributed by atoms with van der Waals surface area (Å²) in [6.45, 7) is 4.11. The van der Waals surface area contributed by atoms with Crippen LogP contribution >= 0.6 is 11.3 Å². The number of piperidine rings is 1. The Hall–Kier alpha value is -0.410. The highest BCUT2D eigenvalue weighted by Crippen LogP contribution is 2.25. The van der Waals surface area contributed by atoms with Crippen molar-refractivity contribution >= 4 is 11.3 Å². The molecule has 1 saturated heterocycles. The van der Waals surface area contributed by atoms with Crippen LogP contribution in [-0.2, 0) is 12.8 Å². The van der Waals surface area contributed by atoms with E-state index in [1.54, 1.807) is 11.3 Å². The van der Waals surface area contributed by atoms with E-state index in [0.29, 0.717) is 6.42 Å². The minimum Gasteiger partial charge on any atom is -0.317 e. The average Bonchev–Trinajstić information content (AvgIpc) is 2.78. The summed E-state index contributed by atoms with van der Waals surface area (Å²) in [5, 5.41) is 3.28. The van der Waals surface area contributed by atoms with Crippen molar-refractivity contribution in [2.24, 2.45) is 5.92 Å². The molecule has 0 aromatic carbocycles. The highest BCUT2D eigenvalue weighted by Gasteiger charge is 2.23. The normalized spacial score (nSPS) is 19.9. The summed E-state index contributed by atoms with van der Waals surface area (Å²) < 4.78 is 14.1.